The fourth-order valence-electron chi connectivity index (χ4n) is 2.63. The lowest BCUT2D eigenvalue weighted by molar-refractivity contribution is 0.276. The molecule has 0 aliphatic heterocycles. The molecular weight excluding hydrogens is 234 g/mol. The van der Waals surface area contributed by atoms with Gasteiger partial charge < -0.3 is 11.1 Å². The molecule has 3 unspecified atom stereocenters. The van der Waals surface area contributed by atoms with Gasteiger partial charge in [-0.3, -0.25) is 0 Å². The minimum Gasteiger partial charge on any atom is -0.396 e. The van der Waals surface area contributed by atoms with Gasteiger partial charge in [0.1, 0.15) is 5.82 Å². The van der Waals surface area contributed by atoms with Gasteiger partial charge in [0, 0.05) is 12.2 Å². The number of anilines is 2. The Labute approximate surface area is 108 Å². The van der Waals surface area contributed by atoms with Gasteiger partial charge in [-0.15, -0.1) is 0 Å². The number of nitrogens with one attached hydrogen (secondary N) is 1. The average Bonchev–Trinajstić information content (AvgIpc) is 2.25. The van der Waals surface area contributed by atoms with Gasteiger partial charge in [-0.25, -0.2) is 4.98 Å². The number of nitrogens with two attached hydrogens (primary N) is 1. The Morgan fingerprint density at radius 1 is 1.41 bits per heavy atom. The van der Waals surface area contributed by atoms with Crippen LogP contribution in [0.2, 0.25) is 5.02 Å². The molecule has 4 heteroatoms. The number of hydrogen-bond donors (Lipinski definition) is 2. The monoisotopic (exact) mass is 253 g/mol. The van der Waals surface area contributed by atoms with Crippen molar-refractivity contribution >= 4 is 23.1 Å². The van der Waals surface area contributed by atoms with Crippen LogP contribution in [0.3, 0.4) is 0 Å². The molecule has 1 aliphatic rings. The van der Waals surface area contributed by atoms with Crippen LogP contribution in [0, 0.1) is 11.8 Å². The molecule has 3 atom stereocenters. The molecule has 0 aromatic carbocycles. The number of nitrogen functional groups attached to an aromatic ring is 1. The number of rotatable bonds is 2. The van der Waals surface area contributed by atoms with E-state index in [-0.39, 0.29) is 0 Å². The molecule has 17 heavy (non-hydrogen) atoms. The Bertz CT molecular complexity index is 394. The number of aromatic nitrogens is 1. The third kappa shape index (κ3) is 3.03. The van der Waals surface area contributed by atoms with Crippen molar-refractivity contribution < 1.29 is 0 Å². The van der Waals surface area contributed by atoms with Gasteiger partial charge in [-0.05, 0) is 37.2 Å². The first-order chi connectivity index (χ1) is 8.06. The van der Waals surface area contributed by atoms with E-state index in [0.717, 1.165) is 11.7 Å². The second-order valence-electron chi connectivity index (χ2n) is 5.24. The molecule has 1 aromatic rings. The lowest BCUT2D eigenvalue weighted by Gasteiger charge is -2.33. The molecule has 0 amide bonds. The Morgan fingerprint density at radius 3 is 2.82 bits per heavy atom. The fourth-order valence-corrected chi connectivity index (χ4v) is 2.80. The number of nitrogens with zero attached hydrogens (tertiary/aromatic N) is 1. The summed E-state index contributed by atoms with van der Waals surface area (Å²) >= 11 is 5.84. The van der Waals surface area contributed by atoms with Crippen molar-refractivity contribution in [2.75, 3.05) is 11.1 Å². The van der Waals surface area contributed by atoms with Gasteiger partial charge in [0.25, 0.3) is 0 Å². The van der Waals surface area contributed by atoms with Crippen molar-refractivity contribution in [3.8, 4) is 0 Å². The highest BCUT2D eigenvalue weighted by atomic mass is 35.5. The smallest absolute Gasteiger partial charge is 0.149 e. The summed E-state index contributed by atoms with van der Waals surface area (Å²) in [5.74, 6) is 2.26. The van der Waals surface area contributed by atoms with Crippen molar-refractivity contribution in [2.24, 2.45) is 11.8 Å². The van der Waals surface area contributed by atoms with Gasteiger partial charge in [0.15, 0.2) is 0 Å². The summed E-state index contributed by atoms with van der Waals surface area (Å²) in [4.78, 5) is 4.26. The number of halogens is 1. The summed E-state index contributed by atoms with van der Waals surface area (Å²) in [5.41, 5.74) is 6.53. The third-order valence-electron chi connectivity index (χ3n) is 3.64. The van der Waals surface area contributed by atoms with Crippen molar-refractivity contribution in [2.45, 2.75) is 39.2 Å². The molecule has 3 nitrogen and oxygen atoms in total. The van der Waals surface area contributed by atoms with Gasteiger partial charge in [-0.2, -0.15) is 0 Å². The van der Waals surface area contributed by atoms with Gasteiger partial charge >= 0.3 is 0 Å². The van der Waals surface area contributed by atoms with Crippen LogP contribution in [0.15, 0.2) is 12.3 Å². The maximum absolute atomic E-state index is 5.90. The summed E-state index contributed by atoms with van der Waals surface area (Å²) in [7, 11) is 0. The summed E-state index contributed by atoms with van der Waals surface area (Å²) in [6.07, 6.45) is 5.36. The van der Waals surface area contributed by atoms with E-state index in [1.807, 2.05) is 0 Å². The zero-order valence-corrected chi connectivity index (χ0v) is 11.2. The maximum atomic E-state index is 5.90. The molecule has 1 saturated carbocycles. The highest BCUT2D eigenvalue weighted by molar-refractivity contribution is 6.30. The van der Waals surface area contributed by atoms with Crippen molar-refractivity contribution in [1.82, 2.24) is 4.98 Å². The van der Waals surface area contributed by atoms with E-state index in [0.29, 0.717) is 22.7 Å². The number of pyridine rings is 1. The van der Waals surface area contributed by atoms with E-state index in [1.54, 1.807) is 12.3 Å². The molecule has 94 valence electrons. The van der Waals surface area contributed by atoms with Crippen LogP contribution in [-0.2, 0) is 0 Å². The highest BCUT2D eigenvalue weighted by Gasteiger charge is 2.25. The summed E-state index contributed by atoms with van der Waals surface area (Å²) in [6, 6.07) is 2.22. The first kappa shape index (κ1) is 12.5. The zero-order valence-electron chi connectivity index (χ0n) is 10.4. The zero-order chi connectivity index (χ0) is 12.4. The van der Waals surface area contributed by atoms with E-state index in [2.05, 4.69) is 24.1 Å². The molecule has 2 rings (SSSR count). The Morgan fingerprint density at radius 2 is 2.18 bits per heavy atom. The maximum Gasteiger partial charge on any atom is 0.149 e. The van der Waals surface area contributed by atoms with Crippen molar-refractivity contribution in [3.05, 3.63) is 17.3 Å². The Hall–Kier alpha value is -0.960. The van der Waals surface area contributed by atoms with Crippen LogP contribution >= 0.6 is 11.6 Å². The molecule has 0 saturated heterocycles. The van der Waals surface area contributed by atoms with Crippen LogP contribution < -0.4 is 11.1 Å². The first-order valence-corrected chi connectivity index (χ1v) is 6.61. The van der Waals surface area contributed by atoms with Crippen LogP contribution in [-0.4, -0.2) is 11.0 Å². The summed E-state index contributed by atoms with van der Waals surface area (Å²) < 4.78 is 0. The highest BCUT2D eigenvalue weighted by Crippen LogP contribution is 2.31. The lowest BCUT2D eigenvalue weighted by atomic mass is 9.80. The Balaban J connectivity index is 2.05. The normalized spacial score (nSPS) is 29.0. The second-order valence-corrected chi connectivity index (χ2v) is 5.67. The minimum atomic E-state index is 0.474. The fraction of sp³-hybridized carbons (Fsp3) is 0.615. The lowest BCUT2D eigenvalue weighted by Crippen LogP contribution is -2.33. The van der Waals surface area contributed by atoms with E-state index >= 15 is 0 Å². The first-order valence-electron chi connectivity index (χ1n) is 6.24. The molecule has 1 aromatic heterocycles. The molecule has 3 N–H and O–H groups in total. The van der Waals surface area contributed by atoms with Crippen molar-refractivity contribution in [3.63, 3.8) is 0 Å². The van der Waals surface area contributed by atoms with Gasteiger partial charge in [0.05, 0.1) is 10.7 Å². The largest absolute Gasteiger partial charge is 0.396 e. The molecular formula is C13H20ClN3. The molecule has 0 radical (unpaired) electrons. The van der Waals surface area contributed by atoms with Crippen LogP contribution in [0.5, 0.6) is 0 Å². The molecule has 1 heterocycles. The van der Waals surface area contributed by atoms with Crippen LogP contribution in [0.4, 0.5) is 11.5 Å². The third-order valence-corrected chi connectivity index (χ3v) is 3.84. The van der Waals surface area contributed by atoms with Gasteiger partial charge in [0.2, 0.25) is 0 Å². The quantitative estimate of drug-likeness (QED) is 0.848. The van der Waals surface area contributed by atoms with Crippen LogP contribution in [0.25, 0.3) is 0 Å². The Kier molecular flexibility index (Phi) is 3.77. The topological polar surface area (TPSA) is 50.9 Å². The molecule has 1 fully saturated rings. The van der Waals surface area contributed by atoms with Crippen molar-refractivity contribution in [1.29, 1.82) is 0 Å². The van der Waals surface area contributed by atoms with E-state index < -0.39 is 0 Å². The molecule has 0 spiro atoms. The second kappa shape index (κ2) is 5.13. The molecule has 1 aliphatic carbocycles. The summed E-state index contributed by atoms with van der Waals surface area (Å²) in [6.45, 7) is 4.61. The van der Waals surface area contributed by atoms with E-state index in [9.17, 15) is 0 Å². The minimum absolute atomic E-state index is 0.474. The standard InChI is InChI=1S/C13H20ClN3/c1-8-3-4-12(9(2)5-8)17-13-11(15)6-10(14)7-16-13/h6-9,12H,3-5,15H2,1-2H3,(H,16,17). The van der Waals surface area contributed by atoms with Crippen LogP contribution in [0.1, 0.15) is 33.1 Å². The van der Waals surface area contributed by atoms with E-state index in [4.69, 9.17) is 17.3 Å². The molecule has 0 bridgehead atoms. The van der Waals surface area contributed by atoms with E-state index in [1.165, 1.54) is 19.3 Å². The predicted molar refractivity (Wildman–Crippen MR) is 73.2 cm³/mol. The van der Waals surface area contributed by atoms with Gasteiger partial charge in [-0.1, -0.05) is 25.4 Å². The average molecular weight is 254 g/mol. The predicted octanol–water partition coefficient (Wildman–Crippen LogP) is 3.55. The number of hydrogen-bond acceptors (Lipinski definition) is 3. The SMILES string of the molecule is CC1CCC(Nc2ncc(Cl)cc2N)C(C)C1. The summed E-state index contributed by atoms with van der Waals surface area (Å²) in [5, 5.41) is 4.03.